The molecule has 0 spiro atoms. The molecule has 1 nitrogen and oxygen atoms in total. The molecule has 0 saturated carbocycles. The molecular weight excluding hydrogens is 200 g/mol. The van der Waals surface area contributed by atoms with Crippen molar-refractivity contribution in [2.24, 2.45) is 0 Å². The first-order valence-corrected chi connectivity index (χ1v) is 8.17. The fourth-order valence-electron chi connectivity index (χ4n) is 1.13. The van der Waals surface area contributed by atoms with E-state index in [0.717, 1.165) is 5.75 Å². The monoisotopic (exact) mass is 214 g/mol. The van der Waals surface area contributed by atoms with Crippen molar-refractivity contribution < 1.29 is 4.74 Å². The summed E-state index contributed by atoms with van der Waals surface area (Å²) in [5.41, 5.74) is 0. The lowest BCUT2D eigenvalue weighted by molar-refractivity contribution is 0.415. The SMILES string of the molecule is COc1ccc([Si](C)(C)C)cc1Cl. The second-order valence-corrected chi connectivity index (χ2v) is 9.58. The normalized spacial score (nSPS) is 11.5. The Bertz CT molecular complexity index is 304. The van der Waals surface area contributed by atoms with E-state index in [-0.39, 0.29) is 0 Å². The number of benzene rings is 1. The minimum absolute atomic E-state index is 0.711. The average molecular weight is 215 g/mol. The molecule has 1 aromatic carbocycles. The average Bonchev–Trinajstić information content (AvgIpc) is 2.02. The molecule has 0 amide bonds. The Kier molecular flexibility index (Phi) is 3.04. The minimum atomic E-state index is -1.24. The van der Waals surface area contributed by atoms with Crippen molar-refractivity contribution in [3.8, 4) is 5.75 Å². The summed E-state index contributed by atoms with van der Waals surface area (Å²) in [6.07, 6.45) is 0. The summed E-state index contributed by atoms with van der Waals surface area (Å²) in [6.45, 7) is 6.89. The third-order valence-corrected chi connectivity index (χ3v) is 4.36. The van der Waals surface area contributed by atoms with Gasteiger partial charge in [-0.25, -0.2) is 0 Å². The van der Waals surface area contributed by atoms with Gasteiger partial charge in [-0.1, -0.05) is 42.5 Å². The Balaban J connectivity index is 3.10. The standard InChI is InChI=1S/C10H15ClOSi/c1-12-10-6-5-8(7-9(10)11)13(2,3)4/h5-7H,1-4H3. The van der Waals surface area contributed by atoms with E-state index in [9.17, 15) is 0 Å². The zero-order valence-corrected chi connectivity index (χ0v) is 10.3. The molecule has 1 aromatic rings. The van der Waals surface area contributed by atoms with Gasteiger partial charge in [0.15, 0.2) is 0 Å². The molecule has 0 aliphatic rings. The highest BCUT2D eigenvalue weighted by atomic mass is 35.5. The van der Waals surface area contributed by atoms with Gasteiger partial charge in [0.05, 0.1) is 20.2 Å². The van der Waals surface area contributed by atoms with Crippen LogP contribution in [0.15, 0.2) is 18.2 Å². The van der Waals surface area contributed by atoms with Gasteiger partial charge in [-0.2, -0.15) is 0 Å². The lowest BCUT2D eigenvalue weighted by Crippen LogP contribution is -2.37. The van der Waals surface area contributed by atoms with E-state index >= 15 is 0 Å². The lowest BCUT2D eigenvalue weighted by Gasteiger charge is -2.17. The molecule has 0 radical (unpaired) electrons. The van der Waals surface area contributed by atoms with Gasteiger partial charge in [0.2, 0.25) is 0 Å². The zero-order valence-electron chi connectivity index (χ0n) is 8.52. The molecule has 3 heteroatoms. The maximum atomic E-state index is 6.03. The van der Waals surface area contributed by atoms with Gasteiger partial charge in [0.25, 0.3) is 0 Å². The molecule has 0 N–H and O–H groups in total. The van der Waals surface area contributed by atoms with Crippen molar-refractivity contribution in [1.82, 2.24) is 0 Å². The maximum absolute atomic E-state index is 6.03. The van der Waals surface area contributed by atoms with Gasteiger partial charge in [-0.05, 0) is 12.1 Å². The number of methoxy groups -OCH3 is 1. The van der Waals surface area contributed by atoms with E-state index in [0.29, 0.717) is 5.02 Å². The molecule has 0 aliphatic heterocycles. The van der Waals surface area contributed by atoms with Crippen LogP contribution in [0, 0.1) is 0 Å². The first kappa shape index (κ1) is 10.6. The van der Waals surface area contributed by atoms with Crippen LogP contribution in [-0.4, -0.2) is 15.2 Å². The van der Waals surface area contributed by atoms with Gasteiger partial charge in [-0.3, -0.25) is 0 Å². The molecule has 0 bridgehead atoms. The van der Waals surface area contributed by atoms with Crippen molar-refractivity contribution in [1.29, 1.82) is 0 Å². The van der Waals surface area contributed by atoms with Crippen LogP contribution >= 0.6 is 11.6 Å². The minimum Gasteiger partial charge on any atom is -0.495 e. The summed E-state index contributed by atoms with van der Waals surface area (Å²) in [7, 11) is 0.394. The second-order valence-electron chi connectivity index (χ2n) is 4.10. The van der Waals surface area contributed by atoms with Crippen molar-refractivity contribution in [2.75, 3.05) is 7.11 Å². The third kappa shape index (κ3) is 2.48. The summed E-state index contributed by atoms with van der Waals surface area (Å²) >= 11 is 6.03. The highest BCUT2D eigenvalue weighted by molar-refractivity contribution is 6.88. The number of ether oxygens (including phenoxy) is 1. The molecular formula is C10H15ClOSi. The van der Waals surface area contributed by atoms with Gasteiger partial charge >= 0.3 is 0 Å². The first-order valence-electron chi connectivity index (χ1n) is 4.29. The Morgan fingerprint density at radius 3 is 2.23 bits per heavy atom. The van der Waals surface area contributed by atoms with Gasteiger partial charge in [-0.15, -0.1) is 0 Å². The fraction of sp³-hybridized carbons (Fsp3) is 0.400. The van der Waals surface area contributed by atoms with Gasteiger partial charge < -0.3 is 4.74 Å². The van der Waals surface area contributed by atoms with E-state index in [4.69, 9.17) is 16.3 Å². The topological polar surface area (TPSA) is 9.23 Å². The number of rotatable bonds is 2. The Morgan fingerprint density at radius 1 is 1.23 bits per heavy atom. The van der Waals surface area contributed by atoms with Crippen LogP contribution < -0.4 is 9.92 Å². The highest BCUT2D eigenvalue weighted by Gasteiger charge is 2.17. The summed E-state index contributed by atoms with van der Waals surface area (Å²) < 4.78 is 5.10. The van der Waals surface area contributed by atoms with E-state index in [1.165, 1.54) is 5.19 Å². The quantitative estimate of drug-likeness (QED) is 0.688. The number of halogens is 1. The van der Waals surface area contributed by atoms with Gasteiger partial charge in [0, 0.05) is 0 Å². The number of hydrogen-bond acceptors (Lipinski definition) is 1. The molecule has 0 aliphatic carbocycles. The fourth-order valence-corrected chi connectivity index (χ4v) is 2.64. The van der Waals surface area contributed by atoms with Crippen molar-refractivity contribution in [3.05, 3.63) is 23.2 Å². The predicted molar refractivity (Wildman–Crippen MR) is 61.0 cm³/mol. The van der Waals surface area contributed by atoms with Crippen LogP contribution in [0.5, 0.6) is 5.75 Å². The Hall–Kier alpha value is -0.473. The molecule has 0 atom stereocenters. The lowest BCUT2D eigenvalue weighted by atomic mass is 10.3. The molecule has 0 fully saturated rings. The van der Waals surface area contributed by atoms with Crippen LogP contribution in [0.25, 0.3) is 0 Å². The predicted octanol–water partition coefficient (Wildman–Crippen LogP) is 2.89. The zero-order chi connectivity index (χ0) is 10.1. The van der Waals surface area contributed by atoms with Crippen molar-refractivity contribution in [2.45, 2.75) is 19.6 Å². The van der Waals surface area contributed by atoms with Crippen LogP contribution in [0.3, 0.4) is 0 Å². The van der Waals surface area contributed by atoms with E-state index in [1.807, 2.05) is 12.1 Å². The first-order chi connectivity index (χ1) is 5.95. The van der Waals surface area contributed by atoms with Crippen LogP contribution in [0.4, 0.5) is 0 Å². The van der Waals surface area contributed by atoms with Crippen LogP contribution in [0.1, 0.15) is 0 Å². The molecule has 72 valence electrons. The van der Waals surface area contributed by atoms with E-state index in [1.54, 1.807) is 7.11 Å². The smallest absolute Gasteiger partial charge is 0.137 e. The van der Waals surface area contributed by atoms with Crippen molar-refractivity contribution >= 4 is 24.9 Å². The van der Waals surface area contributed by atoms with Crippen molar-refractivity contribution in [3.63, 3.8) is 0 Å². The largest absolute Gasteiger partial charge is 0.495 e. The van der Waals surface area contributed by atoms with Crippen LogP contribution in [-0.2, 0) is 0 Å². The highest BCUT2D eigenvalue weighted by Crippen LogP contribution is 2.22. The third-order valence-electron chi connectivity index (χ3n) is 2.02. The van der Waals surface area contributed by atoms with Crippen LogP contribution in [0.2, 0.25) is 24.7 Å². The van der Waals surface area contributed by atoms with E-state index < -0.39 is 8.07 Å². The molecule has 13 heavy (non-hydrogen) atoms. The summed E-state index contributed by atoms with van der Waals surface area (Å²) in [4.78, 5) is 0. The number of hydrogen-bond donors (Lipinski definition) is 0. The molecule has 0 aromatic heterocycles. The summed E-state index contributed by atoms with van der Waals surface area (Å²) in [5, 5.41) is 2.07. The Morgan fingerprint density at radius 2 is 1.85 bits per heavy atom. The second kappa shape index (κ2) is 3.72. The van der Waals surface area contributed by atoms with Gasteiger partial charge in [0.1, 0.15) is 5.75 Å². The van der Waals surface area contributed by atoms with E-state index in [2.05, 4.69) is 25.7 Å². The molecule has 0 saturated heterocycles. The molecule has 0 heterocycles. The summed E-state index contributed by atoms with van der Waals surface area (Å²) in [5.74, 6) is 0.753. The summed E-state index contributed by atoms with van der Waals surface area (Å²) in [6, 6.07) is 6.07. The maximum Gasteiger partial charge on any atom is 0.137 e. The Labute approximate surface area is 85.7 Å². The molecule has 0 unspecified atom stereocenters. The molecule has 1 rings (SSSR count).